The van der Waals surface area contributed by atoms with Crippen LogP contribution in [0.4, 0.5) is 21.8 Å². The first-order chi connectivity index (χ1) is 18.4. The molecule has 1 N–H and O–H groups in total. The van der Waals surface area contributed by atoms with Crippen LogP contribution in [0.1, 0.15) is 49.7 Å². The zero-order valence-electron chi connectivity index (χ0n) is 22.4. The minimum absolute atomic E-state index is 0.0798. The molecule has 9 nitrogen and oxygen atoms in total. The van der Waals surface area contributed by atoms with Crippen molar-refractivity contribution in [1.82, 2.24) is 14.9 Å². The molecule has 4 aliphatic heterocycles. The van der Waals surface area contributed by atoms with Crippen LogP contribution >= 0.6 is 0 Å². The molecule has 1 aromatic carbocycles. The normalized spacial score (nSPS) is 20.8. The van der Waals surface area contributed by atoms with Crippen molar-refractivity contribution in [2.24, 2.45) is 0 Å². The maximum absolute atomic E-state index is 15.6. The Kier molecular flexibility index (Phi) is 6.53. The highest BCUT2D eigenvalue weighted by Gasteiger charge is 2.53. The number of benzene rings is 1. The molecule has 1 amide bonds. The van der Waals surface area contributed by atoms with E-state index in [9.17, 15) is 9.59 Å². The lowest BCUT2D eigenvalue weighted by atomic mass is 9.73. The number of ether oxygens (including phenoxy) is 1. The zero-order valence-corrected chi connectivity index (χ0v) is 22.4. The summed E-state index contributed by atoms with van der Waals surface area (Å²) in [5, 5.41) is 0. The summed E-state index contributed by atoms with van der Waals surface area (Å²) in [5.41, 5.74) is 0.789. The Balaban J connectivity index is 1.18. The molecule has 0 saturated carbocycles. The van der Waals surface area contributed by atoms with Crippen LogP contribution in [0, 0.1) is 5.82 Å². The van der Waals surface area contributed by atoms with E-state index in [0.29, 0.717) is 55.5 Å². The van der Waals surface area contributed by atoms with Gasteiger partial charge in [-0.25, -0.2) is 4.39 Å². The number of hydrogen-bond donors (Lipinski definition) is 1. The molecule has 4 aliphatic rings. The van der Waals surface area contributed by atoms with E-state index in [1.165, 1.54) is 18.9 Å². The maximum atomic E-state index is 15.6. The molecule has 1 aromatic heterocycles. The third kappa shape index (κ3) is 4.22. The lowest BCUT2D eigenvalue weighted by Gasteiger charge is -2.39. The minimum atomic E-state index is -0.912. The lowest BCUT2D eigenvalue weighted by molar-refractivity contribution is -0.123. The van der Waals surface area contributed by atoms with Crippen molar-refractivity contribution in [3.8, 4) is 5.75 Å². The van der Waals surface area contributed by atoms with Gasteiger partial charge in [-0.05, 0) is 58.0 Å². The highest BCUT2D eigenvalue weighted by atomic mass is 19.1. The van der Waals surface area contributed by atoms with Gasteiger partial charge in [0.05, 0.1) is 23.3 Å². The van der Waals surface area contributed by atoms with E-state index in [-0.39, 0.29) is 17.3 Å². The number of carbonyl (C=O) groups excluding carboxylic acids is 1. The van der Waals surface area contributed by atoms with Crippen molar-refractivity contribution in [2.45, 2.75) is 50.4 Å². The topological polar surface area (TPSA) is 85.0 Å². The number of nitrogens with one attached hydrogen (secondary N) is 1. The Morgan fingerprint density at radius 1 is 1.05 bits per heavy atom. The Morgan fingerprint density at radius 2 is 1.82 bits per heavy atom. The third-order valence-electron chi connectivity index (χ3n) is 8.86. The van der Waals surface area contributed by atoms with Gasteiger partial charge in [0.15, 0.2) is 0 Å². The van der Waals surface area contributed by atoms with Crippen molar-refractivity contribution in [2.75, 3.05) is 74.7 Å². The largest absolute Gasteiger partial charge is 0.493 e. The number of fused-ring (bicyclic) bond motifs is 3. The summed E-state index contributed by atoms with van der Waals surface area (Å²) in [4.78, 5) is 42.1. The van der Waals surface area contributed by atoms with Crippen molar-refractivity contribution in [1.29, 1.82) is 0 Å². The van der Waals surface area contributed by atoms with Crippen LogP contribution in [-0.2, 0) is 16.6 Å². The van der Waals surface area contributed by atoms with Gasteiger partial charge in [-0.1, -0.05) is 0 Å². The first-order valence-electron chi connectivity index (χ1n) is 13.9. The summed E-state index contributed by atoms with van der Waals surface area (Å²) in [5.74, 6) is 1.26. The fourth-order valence-corrected chi connectivity index (χ4v) is 6.74. The molecular weight excluding hydrogens is 487 g/mol. The number of piperidine rings is 1. The van der Waals surface area contributed by atoms with Crippen molar-refractivity contribution < 1.29 is 13.9 Å². The molecule has 0 radical (unpaired) electrons. The molecule has 0 atom stereocenters. The van der Waals surface area contributed by atoms with Gasteiger partial charge in [0.2, 0.25) is 11.9 Å². The number of aromatic amines is 1. The SMILES string of the molecule is CN1CCCc2c1nc(N1CCC3(CC1)C(=O)N(C)c1cc(OCCCN4CCCC4)cc(F)c13)[nH]c2=O. The third-order valence-corrected chi connectivity index (χ3v) is 8.86. The van der Waals surface area contributed by atoms with Gasteiger partial charge in [0, 0.05) is 58.0 Å². The van der Waals surface area contributed by atoms with Crippen LogP contribution in [0.15, 0.2) is 16.9 Å². The van der Waals surface area contributed by atoms with Crippen LogP contribution in [0.3, 0.4) is 0 Å². The van der Waals surface area contributed by atoms with E-state index < -0.39 is 5.41 Å². The predicted molar refractivity (Wildman–Crippen MR) is 145 cm³/mol. The van der Waals surface area contributed by atoms with Crippen molar-refractivity contribution in [3.63, 3.8) is 0 Å². The highest BCUT2D eigenvalue weighted by molar-refractivity contribution is 6.08. The number of anilines is 3. The number of carbonyl (C=O) groups is 1. The van der Waals surface area contributed by atoms with E-state index in [4.69, 9.17) is 9.72 Å². The van der Waals surface area contributed by atoms with Gasteiger partial charge in [0.25, 0.3) is 5.56 Å². The number of H-pyrrole nitrogens is 1. The highest BCUT2D eigenvalue weighted by Crippen LogP contribution is 2.50. The number of rotatable bonds is 6. The lowest BCUT2D eigenvalue weighted by Crippen LogP contribution is -2.49. The molecule has 204 valence electrons. The Labute approximate surface area is 222 Å². The Bertz CT molecular complexity index is 1280. The summed E-state index contributed by atoms with van der Waals surface area (Å²) >= 11 is 0. The molecule has 10 heteroatoms. The van der Waals surface area contributed by atoms with Crippen LogP contribution < -0.4 is 25.0 Å². The molecule has 2 fully saturated rings. The van der Waals surface area contributed by atoms with Crippen LogP contribution in [0.25, 0.3) is 0 Å². The molecule has 0 bridgehead atoms. The fraction of sp³-hybridized carbons (Fsp3) is 0.607. The second kappa shape index (κ2) is 9.87. The Hall–Kier alpha value is -3.14. The van der Waals surface area contributed by atoms with Gasteiger partial charge in [-0.3, -0.25) is 14.6 Å². The number of halogens is 1. The predicted octanol–water partition coefficient (Wildman–Crippen LogP) is 2.67. The summed E-state index contributed by atoms with van der Waals surface area (Å²) in [6.07, 6.45) is 5.98. The van der Waals surface area contributed by atoms with Crippen LogP contribution in [0.2, 0.25) is 0 Å². The Morgan fingerprint density at radius 3 is 2.58 bits per heavy atom. The summed E-state index contributed by atoms with van der Waals surface area (Å²) in [6.45, 7) is 5.68. The molecule has 0 unspecified atom stereocenters. The van der Waals surface area contributed by atoms with E-state index in [2.05, 4.69) is 9.88 Å². The number of likely N-dealkylation sites (tertiary alicyclic amines) is 1. The smallest absolute Gasteiger partial charge is 0.257 e. The average Bonchev–Trinajstić information content (AvgIpc) is 3.50. The van der Waals surface area contributed by atoms with Crippen molar-refractivity contribution in [3.05, 3.63) is 39.4 Å². The molecule has 0 aliphatic carbocycles. The van der Waals surface area contributed by atoms with Gasteiger partial charge in [-0.15, -0.1) is 0 Å². The second-order valence-corrected chi connectivity index (χ2v) is 11.2. The first kappa shape index (κ1) is 25.2. The quantitative estimate of drug-likeness (QED) is 0.582. The zero-order chi connectivity index (χ0) is 26.4. The number of hydrogen-bond acceptors (Lipinski definition) is 7. The number of nitrogens with zero attached hydrogens (tertiary/aromatic N) is 5. The average molecular weight is 525 g/mol. The molecule has 6 rings (SSSR count). The maximum Gasteiger partial charge on any atom is 0.257 e. The molecular formula is C28H37FN6O3. The summed E-state index contributed by atoms with van der Waals surface area (Å²) in [6, 6.07) is 3.25. The number of amides is 1. The van der Waals surface area contributed by atoms with Crippen LogP contribution in [-0.4, -0.2) is 80.7 Å². The summed E-state index contributed by atoms with van der Waals surface area (Å²) < 4.78 is 21.6. The van der Waals surface area contributed by atoms with E-state index in [0.717, 1.165) is 56.8 Å². The fourth-order valence-electron chi connectivity index (χ4n) is 6.74. The molecule has 1 spiro atoms. The molecule has 5 heterocycles. The standard InChI is InChI=1S/C28H37FN6O3/c1-32-10-5-7-20-24(32)30-27(31-25(20)36)35-14-8-28(9-15-35)23-21(29)17-19(18-22(23)33(2)26(28)37)38-16-6-13-34-11-3-4-12-34/h17-18H,3-16H2,1-2H3,(H,30,31,36). The minimum Gasteiger partial charge on any atom is -0.493 e. The van der Waals surface area contributed by atoms with Gasteiger partial charge >= 0.3 is 0 Å². The van der Waals surface area contributed by atoms with Gasteiger partial charge in [0.1, 0.15) is 17.4 Å². The monoisotopic (exact) mass is 524 g/mol. The van der Waals surface area contributed by atoms with E-state index in [1.807, 2.05) is 22.9 Å². The van der Waals surface area contributed by atoms with E-state index >= 15 is 4.39 Å². The molecule has 2 aromatic rings. The first-order valence-corrected chi connectivity index (χ1v) is 13.9. The molecule has 2 saturated heterocycles. The second-order valence-electron chi connectivity index (χ2n) is 11.2. The number of aromatic nitrogens is 2. The van der Waals surface area contributed by atoms with E-state index in [1.54, 1.807) is 11.9 Å². The summed E-state index contributed by atoms with van der Waals surface area (Å²) in [7, 11) is 3.68. The van der Waals surface area contributed by atoms with Gasteiger partial charge < -0.3 is 24.3 Å². The van der Waals surface area contributed by atoms with Gasteiger partial charge in [-0.2, -0.15) is 4.98 Å². The molecule has 38 heavy (non-hydrogen) atoms. The van der Waals surface area contributed by atoms with Crippen molar-refractivity contribution >= 4 is 23.4 Å². The number of likely N-dealkylation sites (N-methyl/N-ethyl adjacent to an activating group) is 1. The van der Waals surface area contributed by atoms with Crippen LogP contribution in [0.5, 0.6) is 5.75 Å².